The van der Waals surface area contributed by atoms with Crippen LogP contribution in [0.5, 0.6) is 0 Å². The lowest BCUT2D eigenvalue weighted by Crippen LogP contribution is -2.27. The molecule has 12 nitrogen and oxygen atoms in total. The Morgan fingerprint density at radius 3 is 1.66 bits per heavy atom. The van der Waals surface area contributed by atoms with Crippen molar-refractivity contribution in [3.63, 3.8) is 0 Å². The normalized spacial score (nSPS) is 12.0. The van der Waals surface area contributed by atoms with Gasteiger partial charge < -0.3 is 38.1 Å². The van der Waals surface area contributed by atoms with Crippen LogP contribution in [0.4, 0.5) is 4.79 Å². The maximum Gasteiger partial charge on any atom is 0.508 e. The zero-order valence-electron chi connectivity index (χ0n) is 45.6. The minimum atomic E-state index is -0.938. The molecule has 0 aliphatic carbocycles. The van der Waals surface area contributed by atoms with E-state index in [9.17, 15) is 19.2 Å². The highest BCUT2D eigenvalue weighted by Gasteiger charge is 2.20. The van der Waals surface area contributed by atoms with Crippen LogP contribution in [0.2, 0.25) is 0 Å². The molecule has 0 saturated carbocycles. The van der Waals surface area contributed by atoms with E-state index in [1.807, 2.05) is 0 Å². The number of nitrogens with zero attached hydrogens (tertiary/aromatic N) is 1. The van der Waals surface area contributed by atoms with Gasteiger partial charge in [-0.3, -0.25) is 9.59 Å². The molecule has 0 bridgehead atoms. The Kier molecular flexibility index (Phi) is 44.6. The molecule has 0 amide bonds. The lowest BCUT2D eigenvalue weighted by molar-refractivity contribution is -0.161. The van der Waals surface area contributed by atoms with Gasteiger partial charge in [0.1, 0.15) is 26.4 Å². The van der Waals surface area contributed by atoms with Crippen LogP contribution in [0.25, 0.3) is 0 Å². The molecule has 1 aromatic rings. The summed E-state index contributed by atoms with van der Waals surface area (Å²) in [6.07, 6.45) is 35.9. The van der Waals surface area contributed by atoms with Crippen LogP contribution in [-0.4, -0.2) is 94.5 Å². The topological polar surface area (TPSA) is 136 Å². The van der Waals surface area contributed by atoms with E-state index in [4.69, 9.17) is 33.2 Å². The van der Waals surface area contributed by atoms with Crippen molar-refractivity contribution in [2.24, 2.45) is 5.92 Å². The Morgan fingerprint density at radius 2 is 1.04 bits per heavy atom. The molecule has 12 heteroatoms. The van der Waals surface area contributed by atoms with Gasteiger partial charge in [0.2, 0.25) is 0 Å². The Balaban J connectivity index is 2.71. The van der Waals surface area contributed by atoms with Gasteiger partial charge in [0.05, 0.1) is 24.5 Å². The number of ether oxygens (including phenoxy) is 7. The number of carbonyl (C=O) groups excluding carboxylic acids is 4. The third-order valence-corrected chi connectivity index (χ3v) is 12.4. The molecule has 0 spiro atoms. The van der Waals surface area contributed by atoms with Crippen LogP contribution in [0, 0.1) is 5.92 Å². The summed E-state index contributed by atoms with van der Waals surface area (Å²) in [6.45, 7) is 14.8. The number of hydrogen-bond donors (Lipinski definition) is 0. The summed E-state index contributed by atoms with van der Waals surface area (Å²) in [5.74, 6) is -1.84. The van der Waals surface area contributed by atoms with Gasteiger partial charge in [-0.25, -0.2) is 9.59 Å². The number of hydrogen-bond acceptors (Lipinski definition) is 12. The molecule has 1 unspecified atom stereocenters. The van der Waals surface area contributed by atoms with E-state index >= 15 is 0 Å². The van der Waals surface area contributed by atoms with Crippen molar-refractivity contribution in [3.05, 3.63) is 59.7 Å². The molecule has 1 rings (SSSR count). The van der Waals surface area contributed by atoms with E-state index in [2.05, 4.69) is 63.8 Å². The molecule has 0 aliphatic heterocycles. The number of esters is 3. The first-order chi connectivity index (χ1) is 34.8. The summed E-state index contributed by atoms with van der Waals surface area (Å²) in [5, 5.41) is 0. The van der Waals surface area contributed by atoms with Crippen LogP contribution < -0.4 is 0 Å². The average Bonchev–Trinajstić information content (AvgIpc) is 3.38. The van der Waals surface area contributed by atoms with Crippen LogP contribution in [0.1, 0.15) is 230 Å². The highest BCUT2D eigenvalue weighted by atomic mass is 16.7. The van der Waals surface area contributed by atoms with Crippen molar-refractivity contribution in [3.8, 4) is 0 Å². The van der Waals surface area contributed by atoms with Gasteiger partial charge in [0, 0.05) is 26.1 Å². The second-order valence-electron chi connectivity index (χ2n) is 18.9. The van der Waals surface area contributed by atoms with Gasteiger partial charge in [-0.15, -0.1) is 0 Å². The zero-order chi connectivity index (χ0) is 51.7. The van der Waals surface area contributed by atoms with E-state index in [1.165, 1.54) is 77.0 Å². The van der Waals surface area contributed by atoms with Crippen LogP contribution in [0.3, 0.4) is 0 Å². The first kappa shape index (κ1) is 65.3. The van der Waals surface area contributed by atoms with Gasteiger partial charge in [-0.2, -0.15) is 0 Å². The molecule has 71 heavy (non-hydrogen) atoms. The molecular weight excluding hydrogens is 899 g/mol. The second kappa shape index (κ2) is 48.5. The SMILES string of the molecule is CCCCC/C=C\C/C=C\CCCCCCCC(=O)OCC(COC(=O)CCC(OCCCCCCCC)OCCCCCCCC)COC(=O)OCc1cccc(C(=O)OCCCCN(CC)CC)c1. The molecule has 0 heterocycles. The van der Waals surface area contributed by atoms with Crippen molar-refractivity contribution in [2.45, 2.75) is 227 Å². The van der Waals surface area contributed by atoms with Crippen molar-refractivity contribution >= 4 is 24.1 Å². The molecular formula is C59H101NO11. The van der Waals surface area contributed by atoms with Gasteiger partial charge in [-0.1, -0.05) is 167 Å². The fourth-order valence-corrected chi connectivity index (χ4v) is 7.82. The summed E-state index contributed by atoms with van der Waals surface area (Å²) in [4.78, 5) is 53.8. The van der Waals surface area contributed by atoms with Gasteiger partial charge >= 0.3 is 24.1 Å². The van der Waals surface area contributed by atoms with Crippen molar-refractivity contribution in [2.75, 3.05) is 59.3 Å². The van der Waals surface area contributed by atoms with Crippen molar-refractivity contribution in [1.82, 2.24) is 4.90 Å². The number of unbranched alkanes of at least 4 members (excludes halogenated alkanes) is 19. The summed E-state index contributed by atoms with van der Waals surface area (Å²) in [6, 6.07) is 6.75. The van der Waals surface area contributed by atoms with Crippen LogP contribution in [-0.2, 0) is 49.4 Å². The molecule has 0 saturated heterocycles. The summed E-state index contributed by atoms with van der Waals surface area (Å²) >= 11 is 0. The molecule has 0 aromatic heterocycles. The highest BCUT2D eigenvalue weighted by Crippen LogP contribution is 2.15. The van der Waals surface area contributed by atoms with Crippen molar-refractivity contribution in [1.29, 1.82) is 0 Å². The number of benzene rings is 1. The second-order valence-corrected chi connectivity index (χ2v) is 18.9. The van der Waals surface area contributed by atoms with Crippen LogP contribution >= 0.6 is 0 Å². The molecule has 408 valence electrons. The first-order valence-electron chi connectivity index (χ1n) is 28.4. The highest BCUT2D eigenvalue weighted by molar-refractivity contribution is 5.89. The van der Waals surface area contributed by atoms with Gasteiger partial charge in [0.15, 0.2) is 6.29 Å². The van der Waals surface area contributed by atoms with E-state index in [0.29, 0.717) is 37.4 Å². The quantitative estimate of drug-likeness (QED) is 0.0202. The molecule has 1 aromatic carbocycles. The minimum Gasteiger partial charge on any atom is -0.465 e. The molecule has 0 fully saturated rings. The molecule has 0 N–H and O–H groups in total. The van der Waals surface area contributed by atoms with Gasteiger partial charge in [0.25, 0.3) is 0 Å². The third kappa shape index (κ3) is 40.4. The predicted molar refractivity (Wildman–Crippen MR) is 286 cm³/mol. The Morgan fingerprint density at radius 1 is 0.521 bits per heavy atom. The monoisotopic (exact) mass is 1000 g/mol. The smallest absolute Gasteiger partial charge is 0.465 e. The van der Waals surface area contributed by atoms with E-state index in [1.54, 1.807) is 24.3 Å². The molecule has 0 aliphatic rings. The van der Waals surface area contributed by atoms with Gasteiger partial charge in [-0.05, 0) is 102 Å². The Bertz CT molecular complexity index is 1480. The lowest BCUT2D eigenvalue weighted by atomic mass is 10.1. The molecule has 0 radical (unpaired) electrons. The number of carbonyl (C=O) groups is 4. The number of allylic oxidation sites excluding steroid dienone is 4. The third-order valence-electron chi connectivity index (χ3n) is 12.4. The first-order valence-corrected chi connectivity index (χ1v) is 28.4. The Labute approximate surface area is 432 Å². The minimum absolute atomic E-state index is 0.0865. The fourth-order valence-electron chi connectivity index (χ4n) is 7.82. The summed E-state index contributed by atoms with van der Waals surface area (Å²) < 4.78 is 39.8. The van der Waals surface area contributed by atoms with E-state index < -0.39 is 30.3 Å². The largest absolute Gasteiger partial charge is 0.508 e. The average molecular weight is 1000 g/mol. The zero-order valence-corrected chi connectivity index (χ0v) is 45.6. The summed E-state index contributed by atoms with van der Waals surface area (Å²) in [7, 11) is 0. The maximum atomic E-state index is 13.1. The standard InChI is InChI=1S/C59H101NO11/c1-6-11-14-17-20-21-22-23-24-25-26-27-28-29-32-40-55(61)68-49-53(50-69-56(62)41-42-57(65-44-34-30-18-15-12-7-2)66-45-35-31-19-16-13-8-3)51-71-59(64)70-48-52-38-37-39-54(47-52)58(63)67-46-36-33-43-60(9-4)10-5/h20-21,23-24,37-39,47,53,57H,6-19,22,25-36,40-46,48-51H2,1-5H3/b21-20-,24-23-. The predicted octanol–water partition coefficient (Wildman–Crippen LogP) is 15.0. The Hall–Kier alpha value is -3.74. The maximum absolute atomic E-state index is 13.1. The summed E-state index contributed by atoms with van der Waals surface area (Å²) in [5.41, 5.74) is 0.961. The van der Waals surface area contributed by atoms with E-state index in [0.717, 1.165) is 103 Å². The fraction of sp³-hybridized carbons (Fsp3) is 0.763. The van der Waals surface area contributed by atoms with Crippen molar-refractivity contribution < 1.29 is 52.3 Å². The molecule has 1 atom stereocenters. The van der Waals surface area contributed by atoms with Crippen LogP contribution in [0.15, 0.2) is 48.6 Å². The van der Waals surface area contributed by atoms with E-state index in [-0.39, 0.29) is 45.2 Å². The lowest BCUT2D eigenvalue weighted by Gasteiger charge is -2.20. The number of rotatable bonds is 49.